The number of para-hydroxylation sites is 1. The predicted octanol–water partition coefficient (Wildman–Crippen LogP) is 5.34. The molecule has 0 unspecified atom stereocenters. The lowest BCUT2D eigenvalue weighted by molar-refractivity contribution is 0.113. The summed E-state index contributed by atoms with van der Waals surface area (Å²) in [5.41, 5.74) is 2.47. The van der Waals surface area contributed by atoms with Crippen molar-refractivity contribution in [2.75, 3.05) is 30.8 Å². The lowest BCUT2D eigenvalue weighted by atomic mass is 10.0. The van der Waals surface area contributed by atoms with E-state index in [1.807, 2.05) is 43.3 Å². The van der Waals surface area contributed by atoms with Crippen LogP contribution in [0.5, 0.6) is 5.75 Å². The number of piperidine rings is 1. The van der Waals surface area contributed by atoms with Crippen LogP contribution in [0.2, 0.25) is 0 Å². The van der Waals surface area contributed by atoms with Gasteiger partial charge in [0.2, 0.25) is 0 Å². The normalized spacial score (nSPS) is 15.1. The number of anilines is 2. The number of rotatable bonds is 5. The van der Waals surface area contributed by atoms with Crippen LogP contribution >= 0.6 is 0 Å². The summed E-state index contributed by atoms with van der Waals surface area (Å²) in [5, 5.41) is 6.18. The van der Waals surface area contributed by atoms with Gasteiger partial charge < -0.3 is 24.7 Å². The third kappa shape index (κ3) is 5.20. The van der Waals surface area contributed by atoms with Crippen molar-refractivity contribution in [2.45, 2.75) is 45.6 Å². The molecule has 3 aromatic rings. The Kier molecular flexibility index (Phi) is 6.70. The molecule has 0 saturated carbocycles. The van der Waals surface area contributed by atoms with E-state index in [-0.39, 0.29) is 17.7 Å². The number of carbonyl (C=O) groups is 1. The number of nitrogens with zero attached hydrogens (tertiary/aromatic N) is 1. The van der Waals surface area contributed by atoms with Gasteiger partial charge in [0.25, 0.3) is 0 Å². The summed E-state index contributed by atoms with van der Waals surface area (Å²) in [4.78, 5) is 27.5. The van der Waals surface area contributed by atoms with Crippen LogP contribution in [0, 0.1) is 6.92 Å². The molecule has 0 bridgehead atoms. The largest absolute Gasteiger partial charge is 0.490 e. The van der Waals surface area contributed by atoms with Gasteiger partial charge in [-0.15, -0.1) is 0 Å². The summed E-state index contributed by atoms with van der Waals surface area (Å²) in [6, 6.07) is 12.5. The Hall–Kier alpha value is -3.32. The van der Waals surface area contributed by atoms with Gasteiger partial charge in [0.05, 0.1) is 0 Å². The van der Waals surface area contributed by atoms with Gasteiger partial charge in [-0.3, -0.25) is 0 Å². The SMILES string of the molecule is Cc1c(OC2CCN(C)CC2)ccc2cc(NC(=O)Nc3ccccc3C(C)C)c(=O)oc12. The number of urea groups is 1. The number of nitrogens with one attached hydrogen (secondary N) is 2. The van der Waals surface area contributed by atoms with Crippen LogP contribution in [-0.4, -0.2) is 37.2 Å². The number of aryl methyl sites for hydroxylation is 1. The van der Waals surface area contributed by atoms with Crippen molar-refractivity contribution < 1.29 is 13.9 Å². The standard InChI is InChI=1S/C26H31N3O4/c1-16(2)20-7-5-6-8-21(20)27-26(31)28-22-15-18-9-10-23(17(3)24(18)33-25(22)30)32-19-11-13-29(4)14-12-19/h5-10,15-16,19H,11-14H2,1-4H3,(H2,27,28,31). The Labute approximate surface area is 193 Å². The number of fused-ring (bicyclic) bond motifs is 1. The van der Waals surface area contributed by atoms with Crippen molar-refractivity contribution in [1.29, 1.82) is 0 Å². The number of amides is 2. The van der Waals surface area contributed by atoms with Gasteiger partial charge >= 0.3 is 11.7 Å². The molecule has 7 heteroatoms. The van der Waals surface area contributed by atoms with Gasteiger partial charge in [0.15, 0.2) is 0 Å². The highest BCUT2D eigenvalue weighted by Crippen LogP contribution is 2.30. The fraction of sp³-hybridized carbons (Fsp3) is 0.385. The van der Waals surface area contributed by atoms with E-state index in [2.05, 4.69) is 36.4 Å². The lowest BCUT2D eigenvalue weighted by Gasteiger charge is -2.29. The highest BCUT2D eigenvalue weighted by Gasteiger charge is 2.20. The molecule has 2 N–H and O–H groups in total. The Morgan fingerprint density at radius 2 is 1.79 bits per heavy atom. The van der Waals surface area contributed by atoms with Gasteiger partial charge in [-0.25, -0.2) is 9.59 Å². The summed E-state index contributed by atoms with van der Waals surface area (Å²) < 4.78 is 11.8. The van der Waals surface area contributed by atoms with Crippen LogP contribution in [0.1, 0.15) is 43.7 Å². The zero-order chi connectivity index (χ0) is 23.5. The van der Waals surface area contributed by atoms with E-state index in [9.17, 15) is 9.59 Å². The molecule has 1 fully saturated rings. The molecule has 2 aromatic carbocycles. The van der Waals surface area contributed by atoms with Crippen molar-refractivity contribution in [3.8, 4) is 5.75 Å². The maximum atomic E-state index is 12.6. The molecule has 7 nitrogen and oxygen atoms in total. The highest BCUT2D eigenvalue weighted by molar-refractivity contribution is 6.01. The molecule has 1 saturated heterocycles. The first-order valence-corrected chi connectivity index (χ1v) is 11.4. The molecule has 0 spiro atoms. The smallest absolute Gasteiger partial charge is 0.360 e. The molecule has 33 heavy (non-hydrogen) atoms. The second kappa shape index (κ2) is 9.67. The molecule has 1 aromatic heterocycles. The molecular formula is C26H31N3O4. The van der Waals surface area contributed by atoms with E-state index < -0.39 is 11.7 Å². The number of carbonyl (C=O) groups excluding carboxylic acids is 1. The maximum absolute atomic E-state index is 12.6. The van der Waals surface area contributed by atoms with Gasteiger partial charge in [-0.2, -0.15) is 0 Å². The third-order valence-electron chi connectivity index (χ3n) is 6.14. The molecule has 2 amide bonds. The first-order chi connectivity index (χ1) is 15.8. The van der Waals surface area contributed by atoms with E-state index in [4.69, 9.17) is 9.15 Å². The van der Waals surface area contributed by atoms with Gasteiger partial charge in [0.1, 0.15) is 23.1 Å². The molecule has 0 radical (unpaired) electrons. The minimum Gasteiger partial charge on any atom is -0.490 e. The van der Waals surface area contributed by atoms with E-state index >= 15 is 0 Å². The molecule has 174 valence electrons. The summed E-state index contributed by atoms with van der Waals surface area (Å²) in [6.07, 6.45) is 2.09. The third-order valence-corrected chi connectivity index (χ3v) is 6.14. The van der Waals surface area contributed by atoms with E-state index in [1.165, 1.54) is 0 Å². The van der Waals surface area contributed by atoms with Gasteiger partial charge in [-0.05, 0) is 62.6 Å². The average molecular weight is 450 g/mol. The Bertz CT molecular complexity index is 1210. The van der Waals surface area contributed by atoms with Crippen LogP contribution in [-0.2, 0) is 0 Å². The Balaban J connectivity index is 1.52. The fourth-order valence-electron chi connectivity index (χ4n) is 4.19. The van der Waals surface area contributed by atoms with Gasteiger partial charge in [-0.1, -0.05) is 32.0 Å². The summed E-state index contributed by atoms with van der Waals surface area (Å²) in [6.45, 7) is 8.02. The van der Waals surface area contributed by atoms with Crippen molar-refractivity contribution in [3.05, 3.63) is 64.0 Å². The fourth-order valence-corrected chi connectivity index (χ4v) is 4.19. The summed E-state index contributed by atoms with van der Waals surface area (Å²) in [7, 11) is 2.11. The minimum atomic E-state index is -0.602. The number of hydrogen-bond acceptors (Lipinski definition) is 5. The molecular weight excluding hydrogens is 418 g/mol. The molecule has 1 aliphatic rings. The second-order valence-electron chi connectivity index (χ2n) is 9.00. The summed E-state index contributed by atoms with van der Waals surface area (Å²) >= 11 is 0. The lowest BCUT2D eigenvalue weighted by Crippen LogP contribution is -2.35. The first-order valence-electron chi connectivity index (χ1n) is 11.4. The van der Waals surface area contributed by atoms with Crippen LogP contribution in [0.25, 0.3) is 11.0 Å². The molecule has 1 aliphatic heterocycles. The topological polar surface area (TPSA) is 83.8 Å². The number of benzene rings is 2. The van der Waals surface area contributed by atoms with Crippen LogP contribution in [0.15, 0.2) is 51.7 Å². The van der Waals surface area contributed by atoms with Crippen LogP contribution < -0.4 is 21.0 Å². The molecule has 0 aliphatic carbocycles. The maximum Gasteiger partial charge on any atom is 0.360 e. The highest BCUT2D eigenvalue weighted by atomic mass is 16.5. The number of likely N-dealkylation sites (tertiary alicyclic amines) is 1. The van der Waals surface area contributed by atoms with Gasteiger partial charge in [0, 0.05) is 29.7 Å². The quantitative estimate of drug-likeness (QED) is 0.514. The van der Waals surface area contributed by atoms with Crippen molar-refractivity contribution in [2.24, 2.45) is 0 Å². The Morgan fingerprint density at radius 1 is 1.09 bits per heavy atom. The Morgan fingerprint density at radius 3 is 2.52 bits per heavy atom. The molecule has 4 rings (SSSR count). The monoisotopic (exact) mass is 449 g/mol. The van der Waals surface area contributed by atoms with Crippen molar-refractivity contribution in [1.82, 2.24) is 4.90 Å². The second-order valence-corrected chi connectivity index (χ2v) is 9.00. The van der Waals surface area contributed by atoms with Crippen LogP contribution in [0.4, 0.5) is 16.2 Å². The van der Waals surface area contributed by atoms with Crippen molar-refractivity contribution >= 4 is 28.4 Å². The average Bonchev–Trinajstić information content (AvgIpc) is 2.78. The van der Waals surface area contributed by atoms with E-state index in [0.29, 0.717) is 11.3 Å². The zero-order valence-electron chi connectivity index (χ0n) is 19.6. The zero-order valence-corrected chi connectivity index (χ0v) is 19.6. The minimum absolute atomic E-state index is 0.0883. The molecule has 2 heterocycles. The first kappa shape index (κ1) is 22.9. The van der Waals surface area contributed by atoms with E-state index in [0.717, 1.165) is 48.2 Å². The van der Waals surface area contributed by atoms with Crippen molar-refractivity contribution in [3.63, 3.8) is 0 Å². The number of hydrogen-bond donors (Lipinski definition) is 2. The number of ether oxygens (including phenoxy) is 1. The predicted molar refractivity (Wildman–Crippen MR) is 132 cm³/mol. The van der Waals surface area contributed by atoms with Crippen LogP contribution in [0.3, 0.4) is 0 Å². The van der Waals surface area contributed by atoms with E-state index in [1.54, 1.807) is 6.07 Å². The summed E-state index contributed by atoms with van der Waals surface area (Å²) in [5.74, 6) is 0.977. The molecule has 0 atom stereocenters.